The number of aliphatic carboxylic acids is 1. The number of aromatic nitrogens is 5. The molecule has 0 bridgehead atoms. The summed E-state index contributed by atoms with van der Waals surface area (Å²) in [6.45, 7) is 7.37. The van der Waals surface area contributed by atoms with Crippen LogP contribution < -0.4 is 10.2 Å². The molecule has 1 saturated heterocycles. The van der Waals surface area contributed by atoms with E-state index < -0.39 is 12.1 Å². The second kappa shape index (κ2) is 11.1. The number of pyridine rings is 1. The van der Waals surface area contributed by atoms with E-state index in [0.29, 0.717) is 17.5 Å². The number of nitrogens with one attached hydrogen (secondary N) is 1. The number of carbonyl (C=O) groups excluding carboxylic acids is 1. The molecule has 0 spiro atoms. The van der Waals surface area contributed by atoms with Gasteiger partial charge in [-0.05, 0) is 51.3 Å². The van der Waals surface area contributed by atoms with Crippen LogP contribution in [0.4, 0.5) is 24.8 Å². The second-order valence-electron chi connectivity index (χ2n) is 8.19. The van der Waals surface area contributed by atoms with Crippen LogP contribution in [0, 0.1) is 13.8 Å². The number of rotatable bonds is 4. The average Bonchev–Trinajstić information content (AvgIpc) is 3.17. The van der Waals surface area contributed by atoms with E-state index in [9.17, 15) is 18.0 Å². The molecular formula is C23H26F3N7O3. The lowest BCUT2D eigenvalue weighted by Gasteiger charge is -2.27. The third-order valence-corrected chi connectivity index (χ3v) is 5.14. The van der Waals surface area contributed by atoms with Crippen LogP contribution in [0.3, 0.4) is 0 Å². The number of carbonyl (C=O) groups is 2. The van der Waals surface area contributed by atoms with Gasteiger partial charge >= 0.3 is 12.1 Å². The second-order valence-corrected chi connectivity index (χ2v) is 8.19. The number of hydrogen-bond donors (Lipinski definition) is 2. The molecule has 3 aromatic rings. The van der Waals surface area contributed by atoms with Gasteiger partial charge in [0, 0.05) is 31.8 Å². The summed E-state index contributed by atoms with van der Waals surface area (Å²) in [5.41, 5.74) is 3.18. The van der Waals surface area contributed by atoms with Crippen molar-refractivity contribution in [1.29, 1.82) is 0 Å². The molecule has 192 valence electrons. The molecule has 1 aliphatic rings. The first kappa shape index (κ1) is 26.6. The Morgan fingerprint density at radius 2 is 1.67 bits per heavy atom. The maximum absolute atomic E-state index is 11.6. The molecule has 4 heterocycles. The molecule has 0 atom stereocenters. The van der Waals surface area contributed by atoms with E-state index in [1.165, 1.54) is 26.2 Å². The highest BCUT2D eigenvalue weighted by Crippen LogP contribution is 2.24. The van der Waals surface area contributed by atoms with Crippen molar-refractivity contribution in [2.45, 2.75) is 46.2 Å². The number of aryl methyl sites for hydroxylation is 2. The number of halogens is 3. The number of anilines is 2. The maximum atomic E-state index is 11.6. The zero-order valence-corrected chi connectivity index (χ0v) is 20.0. The zero-order chi connectivity index (χ0) is 26.5. The van der Waals surface area contributed by atoms with Crippen molar-refractivity contribution in [3.8, 4) is 17.3 Å². The molecule has 36 heavy (non-hydrogen) atoms. The number of amides is 1. The molecule has 0 aromatic carbocycles. The van der Waals surface area contributed by atoms with Crippen LogP contribution in [0.5, 0.6) is 0 Å². The van der Waals surface area contributed by atoms with Gasteiger partial charge in [0.15, 0.2) is 0 Å². The van der Waals surface area contributed by atoms with Crippen LogP contribution in [0.15, 0.2) is 30.3 Å². The largest absolute Gasteiger partial charge is 0.490 e. The Labute approximate surface area is 205 Å². The van der Waals surface area contributed by atoms with Gasteiger partial charge in [0.2, 0.25) is 5.91 Å². The molecular weight excluding hydrogens is 479 g/mol. The summed E-state index contributed by atoms with van der Waals surface area (Å²) in [7, 11) is 0. The smallest absolute Gasteiger partial charge is 0.475 e. The van der Waals surface area contributed by atoms with E-state index in [-0.39, 0.29) is 5.91 Å². The van der Waals surface area contributed by atoms with E-state index in [1.807, 2.05) is 38.1 Å². The lowest BCUT2D eigenvalue weighted by atomic mass is 10.1. The van der Waals surface area contributed by atoms with E-state index in [2.05, 4.69) is 20.3 Å². The number of nitrogens with zero attached hydrogens (tertiary/aromatic N) is 6. The first-order chi connectivity index (χ1) is 16.9. The van der Waals surface area contributed by atoms with Gasteiger partial charge in [-0.25, -0.2) is 19.4 Å². The molecule has 0 saturated carbocycles. The molecule has 0 radical (unpaired) electrons. The van der Waals surface area contributed by atoms with Crippen molar-refractivity contribution in [3.05, 3.63) is 41.7 Å². The highest BCUT2D eigenvalue weighted by molar-refractivity contribution is 5.88. The van der Waals surface area contributed by atoms with Gasteiger partial charge in [0.25, 0.3) is 5.95 Å². The molecule has 1 amide bonds. The van der Waals surface area contributed by atoms with Crippen LogP contribution >= 0.6 is 0 Å². The van der Waals surface area contributed by atoms with Gasteiger partial charge in [-0.15, -0.1) is 0 Å². The monoisotopic (exact) mass is 505 g/mol. The minimum Gasteiger partial charge on any atom is -0.475 e. The molecule has 2 N–H and O–H groups in total. The quantitative estimate of drug-likeness (QED) is 0.546. The van der Waals surface area contributed by atoms with Crippen LogP contribution in [0.25, 0.3) is 17.3 Å². The van der Waals surface area contributed by atoms with Crippen LogP contribution in [-0.2, 0) is 9.59 Å². The first-order valence-electron chi connectivity index (χ1n) is 11.2. The summed E-state index contributed by atoms with van der Waals surface area (Å²) in [4.78, 5) is 36.8. The lowest BCUT2D eigenvalue weighted by molar-refractivity contribution is -0.192. The minimum absolute atomic E-state index is 0.191. The van der Waals surface area contributed by atoms with Crippen molar-refractivity contribution < 1.29 is 27.9 Å². The van der Waals surface area contributed by atoms with Gasteiger partial charge in [-0.3, -0.25) is 4.79 Å². The van der Waals surface area contributed by atoms with E-state index in [0.717, 1.165) is 36.0 Å². The molecule has 13 heteroatoms. The molecule has 4 rings (SSSR count). The van der Waals surface area contributed by atoms with Gasteiger partial charge in [-0.2, -0.15) is 23.3 Å². The normalized spacial score (nSPS) is 13.6. The number of piperidine rings is 1. The summed E-state index contributed by atoms with van der Waals surface area (Å²) in [6.07, 6.45) is -1.43. The molecule has 3 aromatic heterocycles. The fourth-order valence-corrected chi connectivity index (χ4v) is 3.60. The van der Waals surface area contributed by atoms with Crippen LogP contribution in [0.1, 0.15) is 37.6 Å². The fraction of sp³-hybridized carbons (Fsp3) is 0.391. The molecule has 0 aliphatic carbocycles. The van der Waals surface area contributed by atoms with E-state index in [1.54, 1.807) is 10.7 Å². The molecule has 0 unspecified atom stereocenters. The summed E-state index contributed by atoms with van der Waals surface area (Å²) in [5.74, 6) is -1.16. The Balaban J connectivity index is 0.000000454. The van der Waals surface area contributed by atoms with Crippen molar-refractivity contribution >= 4 is 23.5 Å². The predicted molar refractivity (Wildman–Crippen MR) is 126 cm³/mol. The van der Waals surface area contributed by atoms with Crippen LogP contribution in [-0.4, -0.2) is 61.0 Å². The summed E-state index contributed by atoms with van der Waals surface area (Å²) in [6, 6.07) is 9.67. The first-order valence-corrected chi connectivity index (χ1v) is 11.2. The molecule has 10 nitrogen and oxygen atoms in total. The number of hydrogen-bond acceptors (Lipinski definition) is 7. The van der Waals surface area contributed by atoms with Crippen LogP contribution in [0.2, 0.25) is 0 Å². The van der Waals surface area contributed by atoms with Crippen molar-refractivity contribution in [2.24, 2.45) is 0 Å². The lowest BCUT2D eigenvalue weighted by Crippen LogP contribution is -2.30. The van der Waals surface area contributed by atoms with Gasteiger partial charge in [0.05, 0.1) is 17.1 Å². The SMILES string of the molecule is CC(=O)Nc1cc(-c2cccc(N3CCCCC3)n2)nc(-n2nc(C)cc2C)n1.O=C(O)C(F)(F)F. The average molecular weight is 506 g/mol. The maximum Gasteiger partial charge on any atom is 0.490 e. The molecule has 1 aliphatic heterocycles. The highest BCUT2D eigenvalue weighted by atomic mass is 19.4. The Hall–Kier alpha value is -4.03. The zero-order valence-electron chi connectivity index (χ0n) is 20.0. The Morgan fingerprint density at radius 3 is 2.22 bits per heavy atom. The topological polar surface area (TPSA) is 126 Å². The van der Waals surface area contributed by atoms with Crippen molar-refractivity contribution in [1.82, 2.24) is 24.7 Å². The number of carboxylic acids is 1. The van der Waals surface area contributed by atoms with Gasteiger partial charge in [-0.1, -0.05) is 6.07 Å². The third kappa shape index (κ3) is 6.99. The Bertz CT molecular complexity index is 1240. The fourth-order valence-electron chi connectivity index (χ4n) is 3.60. The van der Waals surface area contributed by atoms with Gasteiger partial charge < -0.3 is 15.3 Å². The summed E-state index contributed by atoms with van der Waals surface area (Å²) in [5, 5.41) is 14.4. The van der Waals surface area contributed by atoms with Gasteiger partial charge in [0.1, 0.15) is 11.6 Å². The number of alkyl halides is 3. The number of carboxylic acid groups (broad SMARTS) is 1. The standard InChI is InChI=1S/C21H25N7O.C2HF3O2/c1-14-12-15(2)28(26-14)21-24-18(13-19(25-21)22-16(3)29)17-8-7-9-20(23-17)27-10-5-4-6-11-27;3-2(4,5)1(6)7/h7-9,12-13H,4-6,10-11H2,1-3H3,(H,22,24,25,29);(H,6,7). The summed E-state index contributed by atoms with van der Waals surface area (Å²) < 4.78 is 33.4. The van der Waals surface area contributed by atoms with E-state index >= 15 is 0 Å². The molecule has 1 fully saturated rings. The predicted octanol–water partition coefficient (Wildman–Crippen LogP) is 3.92. The van der Waals surface area contributed by atoms with Crippen molar-refractivity contribution in [3.63, 3.8) is 0 Å². The Morgan fingerprint density at radius 1 is 1.00 bits per heavy atom. The minimum atomic E-state index is -5.08. The Kier molecular flexibility index (Phi) is 8.22. The van der Waals surface area contributed by atoms with Crippen molar-refractivity contribution in [2.75, 3.05) is 23.3 Å². The third-order valence-electron chi connectivity index (χ3n) is 5.14. The highest BCUT2D eigenvalue weighted by Gasteiger charge is 2.38. The van der Waals surface area contributed by atoms with E-state index in [4.69, 9.17) is 19.9 Å². The summed E-state index contributed by atoms with van der Waals surface area (Å²) >= 11 is 0.